The summed E-state index contributed by atoms with van der Waals surface area (Å²) in [7, 11) is 1.33. The van der Waals surface area contributed by atoms with Crippen molar-refractivity contribution in [3.8, 4) is 0 Å². The van der Waals surface area contributed by atoms with Gasteiger partial charge in [0.15, 0.2) is 6.04 Å². The lowest BCUT2D eigenvalue weighted by Gasteiger charge is -2.11. The predicted octanol–water partition coefficient (Wildman–Crippen LogP) is 1.82. The van der Waals surface area contributed by atoms with Gasteiger partial charge in [-0.2, -0.15) is 0 Å². The molecule has 1 atom stereocenters. The van der Waals surface area contributed by atoms with Crippen LogP contribution in [0.2, 0.25) is 0 Å². The Kier molecular flexibility index (Phi) is 6.33. The molecule has 1 unspecified atom stereocenters. The molecule has 7 heteroatoms. The van der Waals surface area contributed by atoms with Gasteiger partial charge in [-0.25, -0.2) is 9.18 Å². The van der Waals surface area contributed by atoms with E-state index in [1.54, 1.807) is 0 Å². The van der Waals surface area contributed by atoms with E-state index >= 15 is 0 Å². The molecule has 1 aromatic rings. The number of carbonyl (C=O) groups is 2. The summed E-state index contributed by atoms with van der Waals surface area (Å²) in [6.45, 7) is -0.153. The molecular weight excluding hydrogens is 333 g/mol. The molecule has 5 nitrogen and oxygen atoms in total. The van der Waals surface area contributed by atoms with Crippen LogP contribution >= 0.6 is 15.9 Å². The maximum Gasteiger partial charge on any atom is 0.328 e. The highest BCUT2D eigenvalue weighted by Crippen LogP contribution is 2.16. The first-order valence-corrected chi connectivity index (χ1v) is 6.38. The first-order chi connectivity index (χ1) is 9.43. The largest absolute Gasteiger partial charge is 0.480 e. The summed E-state index contributed by atoms with van der Waals surface area (Å²) in [5.74, 6) is -2.33. The fourth-order valence-electron chi connectivity index (χ4n) is 1.37. The Balaban J connectivity index is 2.72. The van der Waals surface area contributed by atoms with Gasteiger partial charge < -0.3 is 15.2 Å². The number of methoxy groups -OCH3 is 1. The van der Waals surface area contributed by atoms with Crippen molar-refractivity contribution in [3.63, 3.8) is 0 Å². The molecule has 0 radical (unpaired) electrons. The Labute approximate surface area is 123 Å². The Bertz CT molecular complexity index is 533. The number of hydrogen-bond acceptors (Lipinski definition) is 3. The third kappa shape index (κ3) is 5.10. The van der Waals surface area contributed by atoms with Gasteiger partial charge in [0, 0.05) is 23.2 Å². The lowest BCUT2D eigenvalue weighted by atomic mass is 10.2. The van der Waals surface area contributed by atoms with Crippen LogP contribution < -0.4 is 5.32 Å². The number of nitrogens with one attached hydrogen (secondary N) is 1. The molecule has 0 saturated heterocycles. The highest BCUT2D eigenvalue weighted by molar-refractivity contribution is 9.10. The van der Waals surface area contributed by atoms with Crippen LogP contribution in [0.15, 0.2) is 28.7 Å². The second-order valence-electron chi connectivity index (χ2n) is 3.85. The lowest BCUT2D eigenvalue weighted by molar-refractivity contribution is -0.142. The van der Waals surface area contributed by atoms with Crippen molar-refractivity contribution in [2.45, 2.75) is 6.04 Å². The highest BCUT2D eigenvalue weighted by Gasteiger charge is 2.18. The molecule has 20 heavy (non-hydrogen) atoms. The summed E-state index contributed by atoms with van der Waals surface area (Å²) in [6.07, 6.45) is 2.33. The number of aliphatic carboxylic acids is 1. The Morgan fingerprint density at radius 3 is 2.85 bits per heavy atom. The first-order valence-electron chi connectivity index (χ1n) is 5.59. The molecule has 0 aliphatic heterocycles. The summed E-state index contributed by atoms with van der Waals surface area (Å²) in [4.78, 5) is 22.4. The van der Waals surface area contributed by atoms with Gasteiger partial charge in [-0.05, 0) is 24.3 Å². The van der Waals surface area contributed by atoms with Crippen LogP contribution in [-0.2, 0) is 14.3 Å². The number of hydrogen-bond donors (Lipinski definition) is 2. The zero-order valence-corrected chi connectivity index (χ0v) is 12.2. The smallest absolute Gasteiger partial charge is 0.328 e. The van der Waals surface area contributed by atoms with E-state index in [2.05, 4.69) is 26.0 Å². The van der Waals surface area contributed by atoms with Crippen molar-refractivity contribution in [2.24, 2.45) is 0 Å². The van der Waals surface area contributed by atoms with Crippen LogP contribution in [0.3, 0.4) is 0 Å². The minimum Gasteiger partial charge on any atom is -0.480 e. The van der Waals surface area contributed by atoms with Gasteiger partial charge in [0.1, 0.15) is 5.82 Å². The maximum absolute atomic E-state index is 13.4. The third-order valence-corrected chi connectivity index (χ3v) is 2.81. The number of rotatable bonds is 6. The number of ether oxygens (including phenoxy) is 1. The highest BCUT2D eigenvalue weighted by atomic mass is 79.9. The average Bonchev–Trinajstić information content (AvgIpc) is 2.39. The quantitative estimate of drug-likeness (QED) is 0.771. The molecule has 1 amide bonds. The molecule has 0 spiro atoms. The molecule has 1 aromatic carbocycles. The standard InChI is InChI=1S/C13H13BrFNO4/c1-20-7-11(13(18)19)16-12(17)5-2-8-6-9(14)3-4-10(8)15/h2-6,11H,7H2,1H3,(H,16,17)(H,18,19)/b5-2+. The molecule has 108 valence electrons. The predicted molar refractivity (Wildman–Crippen MR) is 74.6 cm³/mol. The minimum atomic E-state index is -1.21. The fourth-order valence-corrected chi connectivity index (χ4v) is 1.75. The molecule has 0 saturated carbocycles. The van der Waals surface area contributed by atoms with Crippen LogP contribution in [-0.4, -0.2) is 36.7 Å². The van der Waals surface area contributed by atoms with E-state index in [1.807, 2.05) is 0 Å². The van der Waals surface area contributed by atoms with Crippen molar-refractivity contribution in [1.29, 1.82) is 0 Å². The molecule has 0 aliphatic rings. The molecule has 0 aliphatic carbocycles. The van der Waals surface area contributed by atoms with Gasteiger partial charge in [0.2, 0.25) is 5.91 Å². The van der Waals surface area contributed by atoms with Crippen LogP contribution in [0.25, 0.3) is 6.08 Å². The SMILES string of the molecule is COCC(NC(=O)/C=C/c1cc(Br)ccc1F)C(=O)O. The fraction of sp³-hybridized carbons (Fsp3) is 0.231. The normalized spacial score (nSPS) is 12.3. The van der Waals surface area contributed by atoms with Gasteiger partial charge in [-0.15, -0.1) is 0 Å². The molecule has 0 aromatic heterocycles. The lowest BCUT2D eigenvalue weighted by Crippen LogP contribution is -2.43. The monoisotopic (exact) mass is 345 g/mol. The summed E-state index contributed by atoms with van der Waals surface area (Å²) in [5, 5.41) is 11.1. The van der Waals surface area contributed by atoms with E-state index in [0.29, 0.717) is 4.47 Å². The summed E-state index contributed by atoms with van der Waals surface area (Å²) in [5.41, 5.74) is 0.216. The van der Waals surface area contributed by atoms with E-state index in [-0.39, 0.29) is 12.2 Å². The van der Waals surface area contributed by atoms with Crippen LogP contribution in [0.5, 0.6) is 0 Å². The van der Waals surface area contributed by atoms with Crippen molar-refractivity contribution in [2.75, 3.05) is 13.7 Å². The summed E-state index contributed by atoms with van der Waals surface area (Å²) < 4.78 is 18.8. The van der Waals surface area contributed by atoms with E-state index in [1.165, 1.54) is 31.4 Å². The van der Waals surface area contributed by atoms with Crippen LogP contribution in [0, 0.1) is 5.82 Å². The number of amides is 1. The van der Waals surface area contributed by atoms with Gasteiger partial charge in [-0.1, -0.05) is 15.9 Å². The summed E-state index contributed by atoms with van der Waals surface area (Å²) >= 11 is 3.19. The van der Waals surface area contributed by atoms with Crippen LogP contribution in [0.4, 0.5) is 4.39 Å². The molecule has 0 heterocycles. The topological polar surface area (TPSA) is 75.6 Å². The number of carbonyl (C=O) groups excluding carboxylic acids is 1. The zero-order valence-electron chi connectivity index (χ0n) is 10.6. The van der Waals surface area contributed by atoms with E-state index in [0.717, 1.165) is 6.08 Å². The van der Waals surface area contributed by atoms with E-state index in [4.69, 9.17) is 5.11 Å². The Morgan fingerprint density at radius 2 is 2.25 bits per heavy atom. The number of halogens is 2. The molecule has 0 bridgehead atoms. The van der Waals surface area contributed by atoms with Gasteiger partial charge in [0.25, 0.3) is 0 Å². The van der Waals surface area contributed by atoms with E-state index in [9.17, 15) is 14.0 Å². The molecule has 1 rings (SSSR count). The summed E-state index contributed by atoms with van der Waals surface area (Å²) in [6, 6.07) is 3.14. The molecular formula is C13H13BrFNO4. The molecule has 2 N–H and O–H groups in total. The number of carboxylic acids is 1. The van der Waals surface area contributed by atoms with Gasteiger partial charge in [0.05, 0.1) is 6.61 Å². The van der Waals surface area contributed by atoms with Gasteiger partial charge >= 0.3 is 5.97 Å². The number of carboxylic acid groups (broad SMARTS) is 1. The minimum absolute atomic E-state index is 0.153. The van der Waals surface area contributed by atoms with Crippen molar-refractivity contribution >= 4 is 33.9 Å². The van der Waals surface area contributed by atoms with Crippen molar-refractivity contribution in [3.05, 3.63) is 40.1 Å². The van der Waals surface area contributed by atoms with Crippen molar-refractivity contribution < 1.29 is 23.8 Å². The third-order valence-electron chi connectivity index (χ3n) is 2.32. The zero-order chi connectivity index (χ0) is 15.1. The van der Waals surface area contributed by atoms with Gasteiger partial charge in [-0.3, -0.25) is 4.79 Å². The van der Waals surface area contributed by atoms with Crippen LogP contribution in [0.1, 0.15) is 5.56 Å². The second-order valence-corrected chi connectivity index (χ2v) is 4.77. The number of benzene rings is 1. The Hall–Kier alpha value is -1.73. The maximum atomic E-state index is 13.4. The van der Waals surface area contributed by atoms with E-state index < -0.39 is 23.7 Å². The molecule has 0 fully saturated rings. The van der Waals surface area contributed by atoms with Crippen molar-refractivity contribution in [1.82, 2.24) is 5.32 Å². The second kappa shape index (κ2) is 7.76. The first kappa shape index (κ1) is 16.3. The Morgan fingerprint density at radius 1 is 1.55 bits per heavy atom. The average molecular weight is 346 g/mol.